The molecule has 1 atom stereocenters. The molecule has 0 radical (unpaired) electrons. The van der Waals surface area contributed by atoms with E-state index >= 15 is 0 Å². The zero-order valence-corrected chi connectivity index (χ0v) is 8.62. The zero-order chi connectivity index (χ0) is 10.3. The van der Waals surface area contributed by atoms with Crippen molar-refractivity contribution in [3.8, 4) is 0 Å². The van der Waals surface area contributed by atoms with Crippen molar-refractivity contribution in [3.05, 3.63) is 0 Å². The fourth-order valence-corrected chi connectivity index (χ4v) is 1.12. The predicted octanol–water partition coefficient (Wildman–Crippen LogP) is 0.252. The van der Waals surface area contributed by atoms with E-state index in [1.807, 2.05) is 13.8 Å². The van der Waals surface area contributed by atoms with Crippen molar-refractivity contribution in [2.75, 3.05) is 26.7 Å². The second-order valence-electron chi connectivity index (χ2n) is 2.92. The maximum atomic E-state index is 10.8. The highest BCUT2D eigenvalue weighted by atomic mass is 16.5. The Kier molecular flexibility index (Phi) is 6.54. The number of likely N-dealkylation sites (N-methyl/N-ethyl adjacent to an activating group) is 1. The van der Waals surface area contributed by atoms with E-state index in [1.54, 1.807) is 0 Å². The monoisotopic (exact) mass is 189 g/mol. The number of carbonyl (C=O) groups is 1. The second kappa shape index (κ2) is 6.86. The minimum absolute atomic E-state index is 0.0764. The molecule has 0 saturated heterocycles. The summed E-state index contributed by atoms with van der Waals surface area (Å²) in [7, 11) is 1.33. The maximum Gasteiger partial charge on any atom is 0.308 e. The molecule has 0 aromatic heterocycles. The fourth-order valence-electron chi connectivity index (χ4n) is 1.12. The molecule has 0 bridgehead atoms. The zero-order valence-electron chi connectivity index (χ0n) is 8.62. The first kappa shape index (κ1) is 12.4. The molecule has 0 aromatic rings. The molecule has 0 saturated carbocycles. The molecule has 0 aliphatic heterocycles. The summed E-state index contributed by atoms with van der Waals surface area (Å²) in [5, 5.41) is 9.44. The third kappa shape index (κ3) is 5.60. The van der Waals surface area contributed by atoms with E-state index in [-0.39, 0.29) is 12.4 Å². The van der Waals surface area contributed by atoms with E-state index in [0.29, 0.717) is 6.54 Å². The number of hydrogen-bond donors (Lipinski definition) is 1. The van der Waals surface area contributed by atoms with Crippen molar-refractivity contribution in [1.29, 1.82) is 0 Å². The Morgan fingerprint density at radius 1 is 1.46 bits per heavy atom. The van der Waals surface area contributed by atoms with Gasteiger partial charge in [0.15, 0.2) is 0 Å². The molecular formula is C9H19NO3. The average Bonchev–Trinajstić information content (AvgIpc) is 2.13. The summed E-state index contributed by atoms with van der Waals surface area (Å²) >= 11 is 0. The minimum Gasteiger partial charge on any atom is -0.469 e. The first-order valence-corrected chi connectivity index (χ1v) is 4.61. The van der Waals surface area contributed by atoms with E-state index < -0.39 is 6.10 Å². The average molecular weight is 189 g/mol. The van der Waals surface area contributed by atoms with Crippen LogP contribution >= 0.6 is 0 Å². The number of methoxy groups -OCH3 is 1. The second-order valence-corrected chi connectivity index (χ2v) is 2.92. The Morgan fingerprint density at radius 3 is 2.38 bits per heavy atom. The highest BCUT2D eigenvalue weighted by Gasteiger charge is 2.13. The van der Waals surface area contributed by atoms with Gasteiger partial charge in [-0.05, 0) is 13.1 Å². The molecule has 1 N–H and O–H groups in total. The number of aliphatic hydroxyl groups is 1. The molecule has 0 fully saturated rings. The van der Waals surface area contributed by atoms with Crippen LogP contribution in [0.1, 0.15) is 20.3 Å². The summed E-state index contributed by atoms with van der Waals surface area (Å²) in [5.41, 5.74) is 0. The molecule has 0 aliphatic rings. The Morgan fingerprint density at radius 2 is 2.00 bits per heavy atom. The van der Waals surface area contributed by atoms with E-state index in [9.17, 15) is 9.90 Å². The number of esters is 1. The molecule has 0 spiro atoms. The first-order chi connectivity index (χ1) is 6.13. The molecule has 13 heavy (non-hydrogen) atoms. The van der Waals surface area contributed by atoms with Crippen molar-refractivity contribution < 1.29 is 14.6 Å². The summed E-state index contributed by atoms with van der Waals surface area (Å²) in [5.74, 6) is -0.361. The fraction of sp³-hybridized carbons (Fsp3) is 0.889. The van der Waals surface area contributed by atoms with Gasteiger partial charge in [-0.1, -0.05) is 13.8 Å². The lowest BCUT2D eigenvalue weighted by Gasteiger charge is -2.20. The summed E-state index contributed by atoms with van der Waals surface area (Å²) in [4.78, 5) is 12.8. The number of carbonyl (C=O) groups excluding carboxylic acids is 1. The Balaban J connectivity index is 3.71. The van der Waals surface area contributed by atoms with Crippen molar-refractivity contribution in [1.82, 2.24) is 4.90 Å². The van der Waals surface area contributed by atoms with Crippen LogP contribution in [0.4, 0.5) is 0 Å². The smallest absolute Gasteiger partial charge is 0.308 e. The van der Waals surface area contributed by atoms with Crippen LogP contribution in [0.25, 0.3) is 0 Å². The predicted molar refractivity (Wildman–Crippen MR) is 50.4 cm³/mol. The van der Waals surface area contributed by atoms with E-state index in [0.717, 1.165) is 13.1 Å². The molecule has 1 unspecified atom stereocenters. The molecule has 0 aromatic carbocycles. The largest absolute Gasteiger partial charge is 0.469 e. The quantitative estimate of drug-likeness (QED) is 0.609. The van der Waals surface area contributed by atoms with Gasteiger partial charge < -0.3 is 14.7 Å². The van der Waals surface area contributed by atoms with Crippen LogP contribution in [0.3, 0.4) is 0 Å². The molecule has 78 valence electrons. The van der Waals surface area contributed by atoms with E-state index in [2.05, 4.69) is 9.64 Å². The normalized spacial score (nSPS) is 13.0. The summed E-state index contributed by atoms with van der Waals surface area (Å²) < 4.78 is 4.45. The molecule has 4 nitrogen and oxygen atoms in total. The molecule has 0 heterocycles. The Hall–Kier alpha value is -0.610. The van der Waals surface area contributed by atoms with Gasteiger partial charge in [-0.2, -0.15) is 0 Å². The van der Waals surface area contributed by atoms with Crippen LogP contribution in [0.15, 0.2) is 0 Å². The number of hydrogen-bond acceptors (Lipinski definition) is 4. The van der Waals surface area contributed by atoms with Crippen molar-refractivity contribution in [3.63, 3.8) is 0 Å². The summed E-state index contributed by atoms with van der Waals surface area (Å²) in [6, 6.07) is 0. The first-order valence-electron chi connectivity index (χ1n) is 4.61. The van der Waals surface area contributed by atoms with Gasteiger partial charge in [0, 0.05) is 6.54 Å². The molecule has 4 heteroatoms. The SMILES string of the molecule is CCN(CC)CC(O)CC(=O)OC. The van der Waals surface area contributed by atoms with Gasteiger partial charge in [0.05, 0.1) is 19.6 Å². The highest BCUT2D eigenvalue weighted by Crippen LogP contribution is 1.98. The van der Waals surface area contributed by atoms with Gasteiger partial charge in [-0.3, -0.25) is 4.79 Å². The standard InChI is InChI=1S/C9H19NO3/c1-4-10(5-2)7-8(11)6-9(12)13-3/h8,11H,4-7H2,1-3H3. The van der Waals surface area contributed by atoms with Crippen LogP contribution < -0.4 is 0 Å². The number of nitrogens with zero attached hydrogens (tertiary/aromatic N) is 1. The summed E-state index contributed by atoms with van der Waals surface area (Å²) in [6.45, 7) is 6.34. The molecule has 0 rings (SSSR count). The summed E-state index contributed by atoms with van der Waals surface area (Å²) in [6.07, 6.45) is -0.542. The number of rotatable bonds is 6. The van der Waals surface area contributed by atoms with Gasteiger partial charge in [-0.15, -0.1) is 0 Å². The lowest BCUT2D eigenvalue weighted by atomic mass is 10.2. The van der Waals surface area contributed by atoms with Gasteiger partial charge in [-0.25, -0.2) is 0 Å². The third-order valence-electron chi connectivity index (χ3n) is 1.99. The lowest BCUT2D eigenvalue weighted by molar-refractivity contribution is -0.143. The van der Waals surface area contributed by atoms with Crippen LogP contribution in [0, 0.1) is 0 Å². The number of aliphatic hydroxyl groups excluding tert-OH is 1. The number of ether oxygens (including phenoxy) is 1. The van der Waals surface area contributed by atoms with Crippen molar-refractivity contribution in [2.24, 2.45) is 0 Å². The minimum atomic E-state index is -0.618. The van der Waals surface area contributed by atoms with Gasteiger partial charge in [0.2, 0.25) is 0 Å². The molecule has 0 aliphatic carbocycles. The van der Waals surface area contributed by atoms with Crippen molar-refractivity contribution in [2.45, 2.75) is 26.4 Å². The van der Waals surface area contributed by atoms with Gasteiger partial charge in [0.25, 0.3) is 0 Å². The van der Waals surface area contributed by atoms with Crippen LogP contribution in [0.5, 0.6) is 0 Å². The van der Waals surface area contributed by atoms with Crippen LogP contribution in [0.2, 0.25) is 0 Å². The molecular weight excluding hydrogens is 170 g/mol. The third-order valence-corrected chi connectivity index (χ3v) is 1.99. The topological polar surface area (TPSA) is 49.8 Å². The van der Waals surface area contributed by atoms with Crippen molar-refractivity contribution >= 4 is 5.97 Å². The Labute approximate surface area is 79.5 Å². The maximum absolute atomic E-state index is 10.8. The van der Waals surface area contributed by atoms with E-state index in [1.165, 1.54) is 7.11 Å². The lowest BCUT2D eigenvalue weighted by Crippen LogP contribution is -2.33. The van der Waals surface area contributed by atoms with Crippen LogP contribution in [-0.4, -0.2) is 48.8 Å². The van der Waals surface area contributed by atoms with Crippen LogP contribution in [-0.2, 0) is 9.53 Å². The Bertz CT molecular complexity index is 146. The van der Waals surface area contributed by atoms with Gasteiger partial charge in [0.1, 0.15) is 0 Å². The highest BCUT2D eigenvalue weighted by molar-refractivity contribution is 5.69. The molecule has 0 amide bonds. The van der Waals surface area contributed by atoms with Gasteiger partial charge >= 0.3 is 5.97 Å². The van der Waals surface area contributed by atoms with E-state index in [4.69, 9.17) is 0 Å².